The van der Waals surface area contributed by atoms with Crippen molar-refractivity contribution >= 4 is 16.8 Å². The SMILES string of the molecule is O=C(c1cc(-c2ccncc2)nc2ccccc12)N1CC2CC(F)(F)C2C1. The third-order valence-electron chi connectivity index (χ3n) is 5.73. The van der Waals surface area contributed by atoms with Crippen LogP contribution in [0.1, 0.15) is 16.8 Å². The van der Waals surface area contributed by atoms with Gasteiger partial charge in [0.05, 0.1) is 16.8 Å². The zero-order valence-electron chi connectivity index (χ0n) is 14.5. The van der Waals surface area contributed by atoms with Crippen LogP contribution in [0.3, 0.4) is 0 Å². The van der Waals surface area contributed by atoms with E-state index in [9.17, 15) is 13.6 Å². The van der Waals surface area contributed by atoms with Gasteiger partial charge in [-0.3, -0.25) is 9.78 Å². The molecule has 2 aliphatic rings. The number of rotatable bonds is 2. The Hall–Kier alpha value is -2.89. The van der Waals surface area contributed by atoms with Crippen molar-refractivity contribution in [1.29, 1.82) is 0 Å². The number of carbonyl (C=O) groups is 1. The molecule has 1 aromatic carbocycles. The van der Waals surface area contributed by atoms with Crippen molar-refractivity contribution in [3.8, 4) is 11.3 Å². The van der Waals surface area contributed by atoms with Gasteiger partial charge in [-0.05, 0) is 30.2 Å². The van der Waals surface area contributed by atoms with Gasteiger partial charge in [-0.15, -0.1) is 0 Å². The summed E-state index contributed by atoms with van der Waals surface area (Å²) in [5, 5.41) is 0.742. The Kier molecular flexibility index (Phi) is 3.50. The standard InChI is InChI=1S/C21H17F2N3O/c22-21(23)10-14-11-26(12-17(14)21)20(27)16-9-19(13-5-7-24-8-6-13)25-18-4-2-1-3-15(16)18/h1-9,14,17H,10-12H2. The van der Waals surface area contributed by atoms with Crippen LogP contribution < -0.4 is 0 Å². The molecule has 2 aromatic heterocycles. The molecule has 3 heterocycles. The van der Waals surface area contributed by atoms with Crippen molar-refractivity contribution < 1.29 is 13.6 Å². The predicted molar refractivity (Wildman–Crippen MR) is 97.4 cm³/mol. The largest absolute Gasteiger partial charge is 0.338 e. The van der Waals surface area contributed by atoms with Crippen LogP contribution in [0.4, 0.5) is 8.78 Å². The number of pyridine rings is 2. The number of carbonyl (C=O) groups excluding carboxylic acids is 1. The molecule has 0 radical (unpaired) electrons. The van der Waals surface area contributed by atoms with E-state index in [1.54, 1.807) is 23.4 Å². The van der Waals surface area contributed by atoms with E-state index in [2.05, 4.69) is 9.97 Å². The van der Waals surface area contributed by atoms with Crippen molar-refractivity contribution in [3.63, 3.8) is 0 Å². The average Bonchev–Trinajstić information content (AvgIpc) is 3.06. The molecule has 6 heteroatoms. The van der Waals surface area contributed by atoms with Crippen LogP contribution in [0, 0.1) is 11.8 Å². The first-order chi connectivity index (χ1) is 13.0. The lowest BCUT2D eigenvalue weighted by Gasteiger charge is -2.38. The second-order valence-electron chi connectivity index (χ2n) is 7.35. The van der Waals surface area contributed by atoms with Gasteiger partial charge in [0, 0.05) is 48.8 Å². The number of aromatic nitrogens is 2. The fraction of sp³-hybridized carbons (Fsp3) is 0.286. The number of amides is 1. The number of alkyl halides is 2. The van der Waals surface area contributed by atoms with Gasteiger partial charge in [-0.1, -0.05) is 18.2 Å². The third-order valence-corrected chi connectivity index (χ3v) is 5.73. The van der Waals surface area contributed by atoms with Gasteiger partial charge in [-0.25, -0.2) is 13.8 Å². The molecule has 136 valence electrons. The van der Waals surface area contributed by atoms with Crippen LogP contribution in [-0.2, 0) is 0 Å². The van der Waals surface area contributed by atoms with Crippen molar-refractivity contribution in [2.45, 2.75) is 12.3 Å². The molecule has 1 saturated heterocycles. The van der Waals surface area contributed by atoms with Crippen molar-refractivity contribution in [2.24, 2.45) is 11.8 Å². The van der Waals surface area contributed by atoms with Gasteiger partial charge in [0.1, 0.15) is 0 Å². The van der Waals surface area contributed by atoms with Gasteiger partial charge in [0.2, 0.25) is 0 Å². The minimum Gasteiger partial charge on any atom is -0.338 e. The topological polar surface area (TPSA) is 46.1 Å². The summed E-state index contributed by atoms with van der Waals surface area (Å²) in [6.07, 6.45) is 3.24. The van der Waals surface area contributed by atoms with Gasteiger partial charge in [-0.2, -0.15) is 0 Å². The highest BCUT2D eigenvalue weighted by Gasteiger charge is 2.60. The second-order valence-corrected chi connectivity index (χ2v) is 7.35. The number of benzene rings is 1. The molecule has 0 bridgehead atoms. The van der Waals surface area contributed by atoms with E-state index in [1.165, 1.54) is 0 Å². The van der Waals surface area contributed by atoms with Crippen LogP contribution in [-0.4, -0.2) is 39.8 Å². The number of hydrogen-bond donors (Lipinski definition) is 0. The number of likely N-dealkylation sites (tertiary alicyclic amines) is 1. The fourth-order valence-corrected chi connectivity index (χ4v) is 4.26. The lowest BCUT2D eigenvalue weighted by molar-refractivity contribution is -0.152. The zero-order valence-corrected chi connectivity index (χ0v) is 14.5. The Balaban J connectivity index is 1.57. The highest BCUT2D eigenvalue weighted by molar-refractivity contribution is 6.07. The van der Waals surface area contributed by atoms with Crippen LogP contribution >= 0.6 is 0 Å². The van der Waals surface area contributed by atoms with Crippen LogP contribution in [0.25, 0.3) is 22.2 Å². The molecule has 1 aliphatic carbocycles. The summed E-state index contributed by atoms with van der Waals surface area (Å²) < 4.78 is 27.4. The Morgan fingerprint density at radius 2 is 1.89 bits per heavy atom. The molecule has 4 nitrogen and oxygen atoms in total. The normalized spacial score (nSPS) is 23.1. The summed E-state index contributed by atoms with van der Waals surface area (Å²) in [6, 6.07) is 12.9. The van der Waals surface area contributed by atoms with Crippen molar-refractivity contribution in [2.75, 3.05) is 13.1 Å². The predicted octanol–water partition coefficient (Wildman–Crippen LogP) is 4.02. The van der Waals surface area contributed by atoms with Gasteiger partial charge >= 0.3 is 0 Å². The second kappa shape index (κ2) is 5.81. The summed E-state index contributed by atoms with van der Waals surface area (Å²) in [6.45, 7) is 0.526. The molecule has 0 spiro atoms. The van der Waals surface area contributed by atoms with E-state index in [0.717, 1.165) is 10.9 Å². The summed E-state index contributed by atoms with van der Waals surface area (Å²) in [5.41, 5.74) is 2.75. The van der Waals surface area contributed by atoms with Crippen LogP contribution in [0.5, 0.6) is 0 Å². The molecule has 2 fully saturated rings. The molecule has 3 aromatic rings. The molecule has 1 aliphatic heterocycles. The molecule has 2 unspecified atom stereocenters. The van der Waals surface area contributed by atoms with E-state index in [4.69, 9.17) is 0 Å². The Bertz CT molecular complexity index is 1040. The molecule has 1 amide bonds. The van der Waals surface area contributed by atoms with Crippen LogP contribution in [0.15, 0.2) is 54.9 Å². The maximum Gasteiger partial charge on any atom is 0.254 e. The average molecular weight is 365 g/mol. The first-order valence-corrected chi connectivity index (χ1v) is 9.00. The fourth-order valence-electron chi connectivity index (χ4n) is 4.26. The highest BCUT2D eigenvalue weighted by Crippen LogP contribution is 2.52. The number of hydrogen-bond acceptors (Lipinski definition) is 3. The summed E-state index contributed by atoms with van der Waals surface area (Å²) in [7, 11) is 0. The third kappa shape index (κ3) is 2.59. The van der Waals surface area contributed by atoms with E-state index in [-0.39, 0.29) is 24.8 Å². The first-order valence-electron chi connectivity index (χ1n) is 9.00. The van der Waals surface area contributed by atoms with Gasteiger partial charge < -0.3 is 4.90 Å². The highest BCUT2D eigenvalue weighted by atomic mass is 19.3. The molecule has 1 saturated carbocycles. The minimum absolute atomic E-state index is 0.0864. The monoisotopic (exact) mass is 365 g/mol. The Morgan fingerprint density at radius 1 is 1.11 bits per heavy atom. The van der Waals surface area contributed by atoms with Crippen molar-refractivity contribution in [3.05, 3.63) is 60.4 Å². The zero-order chi connectivity index (χ0) is 18.6. The minimum atomic E-state index is -2.64. The summed E-state index contributed by atoms with van der Waals surface area (Å²) >= 11 is 0. The van der Waals surface area contributed by atoms with E-state index in [1.807, 2.05) is 36.4 Å². The van der Waals surface area contributed by atoms with Crippen molar-refractivity contribution in [1.82, 2.24) is 14.9 Å². The molecular weight excluding hydrogens is 348 g/mol. The lowest BCUT2D eigenvalue weighted by Crippen LogP contribution is -2.46. The Labute approximate surface area is 154 Å². The van der Waals surface area contributed by atoms with Gasteiger partial charge in [0.25, 0.3) is 11.8 Å². The molecule has 5 rings (SSSR count). The maximum absolute atomic E-state index is 13.7. The quantitative estimate of drug-likeness (QED) is 0.689. The van der Waals surface area contributed by atoms with E-state index < -0.39 is 11.8 Å². The molecule has 0 N–H and O–H groups in total. The molecule has 27 heavy (non-hydrogen) atoms. The Morgan fingerprint density at radius 3 is 2.63 bits per heavy atom. The lowest BCUT2D eigenvalue weighted by atomic mass is 9.72. The maximum atomic E-state index is 13.7. The number of fused-ring (bicyclic) bond motifs is 2. The molecular formula is C21H17F2N3O. The number of nitrogens with zero attached hydrogens (tertiary/aromatic N) is 3. The van der Waals surface area contributed by atoms with Gasteiger partial charge in [0.15, 0.2) is 0 Å². The summed E-state index contributed by atoms with van der Waals surface area (Å²) in [4.78, 5) is 23.5. The first kappa shape index (κ1) is 16.3. The van der Waals surface area contributed by atoms with Crippen LogP contribution in [0.2, 0.25) is 0 Å². The van der Waals surface area contributed by atoms with E-state index >= 15 is 0 Å². The smallest absolute Gasteiger partial charge is 0.254 e. The van der Waals surface area contributed by atoms with E-state index in [0.29, 0.717) is 23.3 Å². The number of halogens is 2. The molecule has 2 atom stereocenters. The summed E-state index contributed by atoms with van der Waals surface area (Å²) in [5.74, 6) is -3.62. The number of para-hydroxylation sites is 1.